The normalized spacial score (nSPS) is 11.5. The number of nitrogens with one attached hydrogen (secondary N) is 1. The Morgan fingerprint density at radius 1 is 1.19 bits per heavy atom. The fourth-order valence-corrected chi connectivity index (χ4v) is 1.24. The van der Waals surface area contributed by atoms with Crippen LogP contribution in [-0.2, 0) is 0 Å². The van der Waals surface area contributed by atoms with Crippen LogP contribution in [0.1, 0.15) is 12.8 Å². The van der Waals surface area contributed by atoms with Crippen LogP contribution in [0.25, 0.3) is 0 Å². The Balaban J connectivity index is 2.37. The van der Waals surface area contributed by atoms with Crippen molar-refractivity contribution in [3.63, 3.8) is 0 Å². The molecule has 0 atom stereocenters. The summed E-state index contributed by atoms with van der Waals surface area (Å²) >= 11 is 0. The SMILES string of the molecule is Nc1cc(F)cc(NCCCC(F)(F)F)c1. The average Bonchev–Trinajstić information content (AvgIpc) is 2.09. The second kappa shape index (κ2) is 5.05. The molecular weight excluding hydrogens is 224 g/mol. The zero-order valence-corrected chi connectivity index (χ0v) is 8.44. The maximum atomic E-state index is 12.8. The highest BCUT2D eigenvalue weighted by Crippen LogP contribution is 2.21. The summed E-state index contributed by atoms with van der Waals surface area (Å²) < 4.78 is 48.2. The van der Waals surface area contributed by atoms with Crippen molar-refractivity contribution in [3.05, 3.63) is 24.0 Å². The van der Waals surface area contributed by atoms with Gasteiger partial charge in [0.15, 0.2) is 0 Å². The Kier molecular flexibility index (Phi) is 3.98. The zero-order chi connectivity index (χ0) is 12.2. The summed E-state index contributed by atoms with van der Waals surface area (Å²) in [4.78, 5) is 0. The minimum absolute atomic E-state index is 0.0556. The first kappa shape index (κ1) is 12.6. The lowest BCUT2D eigenvalue weighted by Gasteiger charge is -2.09. The number of nitrogen functional groups attached to an aromatic ring is 1. The van der Waals surface area contributed by atoms with E-state index in [2.05, 4.69) is 5.32 Å². The largest absolute Gasteiger partial charge is 0.399 e. The maximum absolute atomic E-state index is 12.8. The Bertz CT molecular complexity index is 329. The van der Waals surface area contributed by atoms with E-state index in [4.69, 9.17) is 5.73 Å². The number of benzene rings is 1. The summed E-state index contributed by atoms with van der Waals surface area (Å²) in [5.41, 5.74) is 6.00. The van der Waals surface area contributed by atoms with Gasteiger partial charge in [-0.2, -0.15) is 13.2 Å². The summed E-state index contributed by atoms with van der Waals surface area (Å²) in [5, 5.41) is 2.68. The molecule has 0 heterocycles. The molecule has 0 radical (unpaired) electrons. The number of hydrogen-bond acceptors (Lipinski definition) is 2. The monoisotopic (exact) mass is 236 g/mol. The van der Waals surface area contributed by atoms with Gasteiger partial charge in [-0.05, 0) is 24.6 Å². The molecule has 0 bridgehead atoms. The molecule has 1 aromatic carbocycles. The second-order valence-electron chi connectivity index (χ2n) is 3.42. The first-order valence-electron chi connectivity index (χ1n) is 4.73. The van der Waals surface area contributed by atoms with Gasteiger partial charge in [-0.1, -0.05) is 0 Å². The van der Waals surface area contributed by atoms with E-state index in [0.29, 0.717) is 5.69 Å². The van der Waals surface area contributed by atoms with Crippen LogP contribution in [0.5, 0.6) is 0 Å². The lowest BCUT2D eigenvalue weighted by Crippen LogP contribution is -2.11. The van der Waals surface area contributed by atoms with E-state index >= 15 is 0 Å². The van der Waals surface area contributed by atoms with Crippen molar-refractivity contribution in [3.8, 4) is 0 Å². The van der Waals surface area contributed by atoms with Crippen molar-refractivity contribution in [2.45, 2.75) is 19.0 Å². The van der Waals surface area contributed by atoms with E-state index in [1.165, 1.54) is 12.1 Å². The topological polar surface area (TPSA) is 38.0 Å². The van der Waals surface area contributed by atoms with Crippen LogP contribution in [0.4, 0.5) is 28.9 Å². The standard InChI is InChI=1S/C10H12F4N2/c11-7-4-8(15)6-9(5-7)16-3-1-2-10(12,13)14/h4-6,16H,1-3,15H2. The highest BCUT2D eigenvalue weighted by molar-refractivity contribution is 5.54. The minimum atomic E-state index is -4.15. The third-order valence-electron chi connectivity index (χ3n) is 1.89. The molecule has 0 amide bonds. The molecule has 0 unspecified atom stereocenters. The first-order chi connectivity index (χ1) is 7.37. The fourth-order valence-electron chi connectivity index (χ4n) is 1.24. The molecule has 1 rings (SSSR count). The van der Waals surface area contributed by atoms with E-state index in [0.717, 1.165) is 6.07 Å². The molecule has 0 aliphatic rings. The summed E-state index contributed by atoms with van der Waals surface area (Å²) in [7, 11) is 0. The van der Waals surface area contributed by atoms with Gasteiger partial charge in [0.05, 0.1) is 0 Å². The zero-order valence-electron chi connectivity index (χ0n) is 8.44. The van der Waals surface area contributed by atoms with Gasteiger partial charge in [0.2, 0.25) is 0 Å². The van der Waals surface area contributed by atoms with Crippen LogP contribution in [-0.4, -0.2) is 12.7 Å². The third-order valence-corrected chi connectivity index (χ3v) is 1.89. The van der Waals surface area contributed by atoms with Gasteiger partial charge in [0, 0.05) is 24.3 Å². The lowest BCUT2D eigenvalue weighted by molar-refractivity contribution is -0.134. The van der Waals surface area contributed by atoms with Crippen LogP contribution in [0.3, 0.4) is 0 Å². The Morgan fingerprint density at radius 2 is 1.88 bits per heavy atom. The van der Waals surface area contributed by atoms with Crippen molar-refractivity contribution in [1.82, 2.24) is 0 Å². The molecule has 0 fully saturated rings. The summed E-state index contributed by atoms with van der Waals surface area (Å²) in [6, 6.07) is 3.79. The highest BCUT2D eigenvalue weighted by Gasteiger charge is 2.25. The molecule has 2 nitrogen and oxygen atoms in total. The van der Waals surface area contributed by atoms with Crippen LogP contribution < -0.4 is 11.1 Å². The summed E-state index contributed by atoms with van der Waals surface area (Å²) in [5.74, 6) is -0.515. The van der Waals surface area contributed by atoms with Crippen molar-refractivity contribution >= 4 is 11.4 Å². The minimum Gasteiger partial charge on any atom is -0.399 e. The molecule has 1 aromatic rings. The predicted molar refractivity (Wildman–Crippen MR) is 54.6 cm³/mol. The first-order valence-corrected chi connectivity index (χ1v) is 4.73. The van der Waals surface area contributed by atoms with Crippen molar-refractivity contribution in [1.29, 1.82) is 0 Å². The van der Waals surface area contributed by atoms with Gasteiger partial charge in [-0.15, -0.1) is 0 Å². The van der Waals surface area contributed by atoms with Gasteiger partial charge >= 0.3 is 6.18 Å². The molecule has 3 N–H and O–H groups in total. The Labute approximate surface area is 90.4 Å². The van der Waals surface area contributed by atoms with Crippen LogP contribution in [0.2, 0.25) is 0 Å². The molecule has 0 aromatic heterocycles. The predicted octanol–water partition coefficient (Wildman–Crippen LogP) is 3.16. The number of rotatable bonds is 4. The number of hydrogen-bond donors (Lipinski definition) is 2. The average molecular weight is 236 g/mol. The second-order valence-corrected chi connectivity index (χ2v) is 3.42. The van der Waals surface area contributed by atoms with Crippen LogP contribution in [0.15, 0.2) is 18.2 Å². The third kappa shape index (κ3) is 4.86. The number of nitrogens with two attached hydrogens (primary N) is 1. The lowest BCUT2D eigenvalue weighted by atomic mass is 10.2. The van der Waals surface area contributed by atoms with E-state index in [-0.39, 0.29) is 18.7 Å². The van der Waals surface area contributed by atoms with E-state index in [1.807, 2.05) is 0 Å². The molecule has 6 heteroatoms. The molecule has 0 saturated carbocycles. The van der Waals surface area contributed by atoms with E-state index in [1.54, 1.807) is 0 Å². The number of anilines is 2. The molecule has 16 heavy (non-hydrogen) atoms. The Hall–Kier alpha value is -1.46. The van der Waals surface area contributed by atoms with Gasteiger partial charge in [-0.25, -0.2) is 4.39 Å². The van der Waals surface area contributed by atoms with Crippen LogP contribution in [0, 0.1) is 5.82 Å². The fraction of sp³-hybridized carbons (Fsp3) is 0.400. The smallest absolute Gasteiger partial charge is 0.389 e. The van der Waals surface area contributed by atoms with E-state index < -0.39 is 18.4 Å². The number of alkyl halides is 3. The van der Waals surface area contributed by atoms with Gasteiger partial charge < -0.3 is 11.1 Å². The van der Waals surface area contributed by atoms with Crippen molar-refractivity contribution in [2.24, 2.45) is 0 Å². The summed E-state index contributed by atoms with van der Waals surface area (Å²) in [6.45, 7) is 0.127. The van der Waals surface area contributed by atoms with Gasteiger partial charge in [0.25, 0.3) is 0 Å². The van der Waals surface area contributed by atoms with Crippen molar-refractivity contribution in [2.75, 3.05) is 17.6 Å². The molecule has 0 aliphatic heterocycles. The molecule has 0 aliphatic carbocycles. The molecule has 90 valence electrons. The summed E-state index contributed by atoms with van der Waals surface area (Å²) in [6.07, 6.45) is -5.06. The van der Waals surface area contributed by atoms with Crippen LogP contribution >= 0.6 is 0 Å². The maximum Gasteiger partial charge on any atom is 0.389 e. The van der Waals surface area contributed by atoms with E-state index in [9.17, 15) is 17.6 Å². The highest BCUT2D eigenvalue weighted by atomic mass is 19.4. The van der Waals surface area contributed by atoms with Gasteiger partial charge in [-0.3, -0.25) is 0 Å². The molecular formula is C10H12F4N2. The van der Waals surface area contributed by atoms with Gasteiger partial charge in [0.1, 0.15) is 5.82 Å². The molecule has 0 saturated heterocycles. The van der Waals surface area contributed by atoms with Crippen molar-refractivity contribution < 1.29 is 17.6 Å². The Morgan fingerprint density at radius 3 is 2.44 bits per heavy atom. The number of halogens is 4. The quantitative estimate of drug-likeness (QED) is 0.478. The molecule has 0 spiro atoms.